The molecule has 2 heterocycles. The molecule has 1 fully saturated rings. The summed E-state index contributed by atoms with van der Waals surface area (Å²) in [5.74, 6) is -1.29. The number of ether oxygens (including phenoxy) is 2. The molecule has 1 N–H and O–H groups in total. The molecule has 3 aromatic rings. The number of imide groups is 1. The Morgan fingerprint density at radius 3 is 2.81 bits per heavy atom. The lowest BCUT2D eigenvalue weighted by molar-refractivity contribution is -0.139. The van der Waals surface area contributed by atoms with Gasteiger partial charge < -0.3 is 14.5 Å². The number of aromatic amines is 1. The first-order chi connectivity index (χ1) is 15.5. The molecule has 4 rings (SSSR count). The number of fused-ring (bicyclic) bond motifs is 1. The number of nitrogens with one attached hydrogen (secondary N) is 1. The fourth-order valence-electron chi connectivity index (χ4n) is 3.42. The number of ketones is 1. The van der Waals surface area contributed by atoms with Crippen molar-refractivity contribution in [2.24, 2.45) is 0 Å². The van der Waals surface area contributed by atoms with Gasteiger partial charge in [0.2, 0.25) is 11.8 Å². The molecule has 1 unspecified atom stereocenters. The van der Waals surface area contributed by atoms with E-state index >= 15 is 0 Å². The number of hydrogen-bond donors (Lipinski definition) is 1. The van der Waals surface area contributed by atoms with E-state index in [1.54, 1.807) is 42.6 Å². The van der Waals surface area contributed by atoms with Gasteiger partial charge in [-0.25, -0.2) is 4.90 Å². The van der Waals surface area contributed by atoms with Crippen LogP contribution >= 0.6 is 11.8 Å². The minimum Gasteiger partial charge on any atom is -0.497 e. The van der Waals surface area contributed by atoms with Crippen molar-refractivity contribution in [2.45, 2.75) is 11.7 Å². The monoisotopic (exact) mass is 452 g/mol. The van der Waals surface area contributed by atoms with Gasteiger partial charge in [-0.3, -0.25) is 19.2 Å². The Hall–Kier alpha value is -3.59. The van der Waals surface area contributed by atoms with Gasteiger partial charge in [-0.1, -0.05) is 18.2 Å². The third-order valence-corrected chi connectivity index (χ3v) is 6.23. The number of carbonyl (C=O) groups is 4. The number of rotatable bonds is 8. The average molecular weight is 452 g/mol. The van der Waals surface area contributed by atoms with Crippen LogP contribution in [0.1, 0.15) is 16.8 Å². The largest absolute Gasteiger partial charge is 0.497 e. The van der Waals surface area contributed by atoms with Crippen LogP contribution in [0.5, 0.6) is 5.75 Å². The van der Waals surface area contributed by atoms with Crippen LogP contribution in [0.15, 0.2) is 54.7 Å². The Kier molecular flexibility index (Phi) is 6.27. The van der Waals surface area contributed by atoms with E-state index in [0.717, 1.165) is 27.6 Å². The van der Waals surface area contributed by atoms with E-state index in [2.05, 4.69) is 4.98 Å². The average Bonchev–Trinajstić information content (AvgIpc) is 3.38. The smallest absolute Gasteiger partial charge is 0.316 e. The molecule has 1 atom stereocenters. The highest BCUT2D eigenvalue weighted by Gasteiger charge is 2.40. The van der Waals surface area contributed by atoms with E-state index in [1.807, 2.05) is 12.1 Å². The highest BCUT2D eigenvalue weighted by Crippen LogP contribution is 2.31. The molecule has 9 heteroatoms. The Labute approximate surface area is 187 Å². The molecule has 0 bridgehead atoms. The molecule has 0 aliphatic carbocycles. The summed E-state index contributed by atoms with van der Waals surface area (Å²) in [7, 11) is 1.50. The number of hydrogen-bond acceptors (Lipinski definition) is 7. The van der Waals surface area contributed by atoms with Crippen molar-refractivity contribution in [3.63, 3.8) is 0 Å². The molecule has 0 radical (unpaired) electrons. The molecule has 164 valence electrons. The van der Waals surface area contributed by atoms with Gasteiger partial charge >= 0.3 is 5.97 Å². The second-order valence-electron chi connectivity index (χ2n) is 7.14. The fraction of sp³-hybridized carbons (Fsp3) is 0.217. The normalized spacial score (nSPS) is 15.9. The van der Waals surface area contributed by atoms with E-state index in [1.165, 1.54) is 7.11 Å². The summed E-state index contributed by atoms with van der Waals surface area (Å²) < 4.78 is 10.1. The summed E-state index contributed by atoms with van der Waals surface area (Å²) >= 11 is 1.04. The Bertz CT molecular complexity index is 1200. The van der Waals surface area contributed by atoms with Crippen molar-refractivity contribution in [1.82, 2.24) is 4.98 Å². The topological polar surface area (TPSA) is 106 Å². The maximum atomic E-state index is 12.8. The molecular weight excluding hydrogens is 432 g/mol. The number of carbonyl (C=O) groups excluding carboxylic acids is 4. The van der Waals surface area contributed by atoms with Crippen molar-refractivity contribution in [3.05, 3.63) is 60.3 Å². The number of aromatic nitrogens is 1. The van der Waals surface area contributed by atoms with Crippen LogP contribution in [0.4, 0.5) is 5.69 Å². The van der Waals surface area contributed by atoms with Crippen molar-refractivity contribution in [1.29, 1.82) is 0 Å². The zero-order valence-electron chi connectivity index (χ0n) is 17.2. The van der Waals surface area contributed by atoms with E-state index in [9.17, 15) is 19.2 Å². The lowest BCUT2D eigenvalue weighted by Gasteiger charge is -2.15. The van der Waals surface area contributed by atoms with Gasteiger partial charge in [0.15, 0.2) is 12.4 Å². The number of methoxy groups -OCH3 is 1. The number of nitrogens with zero attached hydrogens (tertiary/aromatic N) is 1. The SMILES string of the molecule is COc1cccc(C(=O)COC(=O)CSC2CC(=O)N(c3ccc4cc[nH]c4c3)C2=O)c1. The number of amides is 2. The minimum absolute atomic E-state index is 0.00227. The van der Waals surface area contributed by atoms with Gasteiger partial charge in [0.05, 0.1) is 23.8 Å². The number of thioether (sulfide) groups is 1. The van der Waals surface area contributed by atoms with Crippen LogP contribution in [0, 0.1) is 0 Å². The molecule has 2 aromatic carbocycles. The number of anilines is 1. The number of benzene rings is 2. The number of Topliss-reactive ketones (excluding diaryl/α,β-unsaturated/α-hetero) is 1. The quantitative estimate of drug-likeness (QED) is 0.318. The summed E-state index contributed by atoms with van der Waals surface area (Å²) in [4.78, 5) is 53.7. The molecule has 0 spiro atoms. The molecule has 1 aromatic heterocycles. The second-order valence-corrected chi connectivity index (χ2v) is 8.33. The van der Waals surface area contributed by atoms with Gasteiger partial charge in [0, 0.05) is 23.7 Å². The number of esters is 1. The molecule has 1 aliphatic heterocycles. The summed E-state index contributed by atoms with van der Waals surface area (Å²) in [6.07, 6.45) is 1.79. The number of H-pyrrole nitrogens is 1. The van der Waals surface area contributed by atoms with Crippen molar-refractivity contribution in [2.75, 3.05) is 24.4 Å². The first kappa shape index (κ1) is 21.6. The highest BCUT2D eigenvalue weighted by molar-refractivity contribution is 8.01. The van der Waals surface area contributed by atoms with Crippen LogP contribution in [-0.4, -0.2) is 53.3 Å². The maximum absolute atomic E-state index is 12.8. The predicted molar refractivity (Wildman–Crippen MR) is 120 cm³/mol. The third-order valence-electron chi connectivity index (χ3n) is 5.06. The Morgan fingerprint density at radius 1 is 1.16 bits per heavy atom. The molecule has 1 saturated heterocycles. The molecular formula is C23H20N2O6S. The van der Waals surface area contributed by atoms with Gasteiger partial charge in [-0.15, -0.1) is 11.8 Å². The summed E-state index contributed by atoms with van der Waals surface area (Å²) in [6.45, 7) is -0.410. The highest BCUT2D eigenvalue weighted by atomic mass is 32.2. The van der Waals surface area contributed by atoms with Crippen molar-refractivity contribution in [3.8, 4) is 5.75 Å². The standard InChI is InChI=1S/C23H20N2O6S/c1-30-17-4-2-3-15(9-17)19(26)12-31-22(28)13-32-20-11-21(27)25(23(20)29)16-6-5-14-7-8-24-18(14)10-16/h2-10,20,24H,11-13H2,1H3. The lowest BCUT2D eigenvalue weighted by atomic mass is 10.1. The second kappa shape index (κ2) is 9.27. The molecule has 1 aliphatic rings. The van der Waals surface area contributed by atoms with Gasteiger partial charge in [-0.05, 0) is 35.7 Å². The Morgan fingerprint density at radius 2 is 2.00 bits per heavy atom. The van der Waals surface area contributed by atoms with Crippen LogP contribution in [0.2, 0.25) is 0 Å². The van der Waals surface area contributed by atoms with Crippen molar-refractivity contribution < 1.29 is 28.7 Å². The van der Waals surface area contributed by atoms with Crippen LogP contribution in [0.3, 0.4) is 0 Å². The first-order valence-electron chi connectivity index (χ1n) is 9.84. The van der Waals surface area contributed by atoms with Gasteiger partial charge in [-0.2, -0.15) is 0 Å². The van der Waals surface area contributed by atoms with E-state index in [0.29, 0.717) is 17.0 Å². The van der Waals surface area contributed by atoms with Crippen LogP contribution in [0.25, 0.3) is 10.9 Å². The zero-order chi connectivity index (χ0) is 22.7. The van der Waals surface area contributed by atoms with Gasteiger partial charge in [0.1, 0.15) is 5.75 Å². The summed E-state index contributed by atoms with van der Waals surface area (Å²) in [5.41, 5.74) is 1.68. The van der Waals surface area contributed by atoms with Crippen LogP contribution in [-0.2, 0) is 19.1 Å². The fourth-order valence-corrected chi connectivity index (χ4v) is 4.35. The van der Waals surface area contributed by atoms with E-state index < -0.39 is 17.8 Å². The third kappa shape index (κ3) is 4.52. The minimum atomic E-state index is -0.677. The Balaban J connectivity index is 1.30. The van der Waals surface area contributed by atoms with E-state index in [-0.39, 0.29) is 29.8 Å². The first-order valence-corrected chi connectivity index (χ1v) is 10.9. The molecule has 8 nitrogen and oxygen atoms in total. The summed E-state index contributed by atoms with van der Waals surface area (Å²) in [6, 6.07) is 13.7. The molecule has 0 saturated carbocycles. The van der Waals surface area contributed by atoms with E-state index in [4.69, 9.17) is 9.47 Å². The molecule has 32 heavy (non-hydrogen) atoms. The summed E-state index contributed by atoms with van der Waals surface area (Å²) in [5, 5.41) is 0.300. The maximum Gasteiger partial charge on any atom is 0.316 e. The van der Waals surface area contributed by atoms with Crippen molar-refractivity contribution >= 4 is 51.9 Å². The van der Waals surface area contributed by atoms with Gasteiger partial charge in [0.25, 0.3) is 0 Å². The molecule has 2 amide bonds. The van der Waals surface area contributed by atoms with Crippen LogP contribution < -0.4 is 9.64 Å². The lowest BCUT2D eigenvalue weighted by Crippen LogP contribution is -2.31. The zero-order valence-corrected chi connectivity index (χ0v) is 18.0. The predicted octanol–water partition coefficient (Wildman–Crippen LogP) is 2.97.